The lowest BCUT2D eigenvalue weighted by molar-refractivity contribution is -0.130. The molecule has 1 aromatic heterocycles. The van der Waals surface area contributed by atoms with Crippen molar-refractivity contribution in [3.63, 3.8) is 0 Å². The number of carboxylic acid groups (broad SMARTS) is 1. The smallest absolute Gasteiger partial charge is 0.337 e. The van der Waals surface area contributed by atoms with Crippen molar-refractivity contribution in [3.8, 4) is 0 Å². The topological polar surface area (TPSA) is 74.7 Å². The van der Waals surface area contributed by atoms with E-state index in [1.165, 1.54) is 10.4 Å². The molecular formula is C18H18BrNO4S2. The Labute approximate surface area is 165 Å². The molecular weight excluding hydrogens is 438 g/mol. The van der Waals surface area contributed by atoms with Crippen LogP contribution in [0.3, 0.4) is 0 Å². The van der Waals surface area contributed by atoms with Crippen molar-refractivity contribution in [3.05, 3.63) is 51.3 Å². The standard InChI is InChI=1S/C18H18BrNO4S2/c19-14-6-4-5-13(11-14)12-15(18(21)22)16-7-8-17(25-16)26(23,24)20-9-2-1-3-10-20/h4-8,11-12H,1-3,9-10H2,(H,21,22)/b15-12-. The highest BCUT2D eigenvalue weighted by Crippen LogP contribution is 2.32. The molecule has 0 saturated carbocycles. The van der Waals surface area contributed by atoms with Crippen molar-refractivity contribution in [2.75, 3.05) is 13.1 Å². The van der Waals surface area contributed by atoms with Crippen LogP contribution in [-0.2, 0) is 14.8 Å². The quantitative estimate of drug-likeness (QED) is 0.681. The molecule has 1 fully saturated rings. The third-order valence-electron chi connectivity index (χ3n) is 4.15. The molecule has 0 aliphatic carbocycles. The van der Waals surface area contributed by atoms with Crippen molar-refractivity contribution in [1.29, 1.82) is 0 Å². The van der Waals surface area contributed by atoms with Gasteiger partial charge in [0.25, 0.3) is 10.0 Å². The van der Waals surface area contributed by atoms with Crippen molar-refractivity contribution in [2.24, 2.45) is 0 Å². The molecule has 0 amide bonds. The zero-order chi connectivity index (χ0) is 18.7. The summed E-state index contributed by atoms with van der Waals surface area (Å²) in [6, 6.07) is 10.3. The van der Waals surface area contributed by atoms with Crippen LogP contribution in [0.2, 0.25) is 0 Å². The molecule has 0 bridgehead atoms. The van der Waals surface area contributed by atoms with E-state index in [-0.39, 0.29) is 9.78 Å². The highest BCUT2D eigenvalue weighted by atomic mass is 79.9. The monoisotopic (exact) mass is 455 g/mol. The van der Waals surface area contributed by atoms with Crippen molar-refractivity contribution >= 4 is 54.9 Å². The van der Waals surface area contributed by atoms with Gasteiger partial charge < -0.3 is 5.11 Å². The predicted molar refractivity (Wildman–Crippen MR) is 107 cm³/mol. The van der Waals surface area contributed by atoms with Gasteiger partial charge in [0.1, 0.15) is 4.21 Å². The number of benzene rings is 1. The lowest BCUT2D eigenvalue weighted by Crippen LogP contribution is -2.35. The molecule has 1 saturated heterocycles. The first-order chi connectivity index (χ1) is 12.4. The molecule has 1 N–H and O–H groups in total. The van der Waals surface area contributed by atoms with Crippen molar-refractivity contribution in [1.82, 2.24) is 4.31 Å². The minimum absolute atomic E-state index is 0.0770. The Morgan fingerprint density at radius 1 is 1.15 bits per heavy atom. The highest BCUT2D eigenvalue weighted by molar-refractivity contribution is 9.10. The zero-order valence-corrected chi connectivity index (χ0v) is 17.1. The van der Waals surface area contributed by atoms with E-state index in [2.05, 4.69) is 15.9 Å². The Morgan fingerprint density at radius 2 is 1.88 bits per heavy atom. The molecule has 2 heterocycles. The fourth-order valence-corrected chi connectivity index (χ4v) is 6.24. The Balaban J connectivity index is 1.94. The number of piperidine rings is 1. The summed E-state index contributed by atoms with van der Waals surface area (Å²) in [5, 5.41) is 9.58. The third-order valence-corrected chi connectivity index (χ3v) is 8.12. The number of thiophene rings is 1. The van der Waals surface area contributed by atoms with Crippen LogP contribution in [0.5, 0.6) is 0 Å². The van der Waals surface area contributed by atoms with E-state index in [0.29, 0.717) is 18.0 Å². The first-order valence-corrected chi connectivity index (χ1v) is 11.2. The summed E-state index contributed by atoms with van der Waals surface area (Å²) >= 11 is 4.36. The number of sulfonamides is 1. The molecule has 8 heteroatoms. The molecule has 0 unspecified atom stereocenters. The minimum Gasteiger partial charge on any atom is -0.478 e. The summed E-state index contributed by atoms with van der Waals surface area (Å²) in [6.07, 6.45) is 4.32. The Bertz CT molecular complexity index is 944. The maximum atomic E-state index is 12.8. The normalized spacial score (nSPS) is 16.6. The lowest BCUT2D eigenvalue weighted by atomic mass is 10.1. The van der Waals surface area contributed by atoms with Crippen LogP contribution in [0, 0.1) is 0 Å². The van der Waals surface area contributed by atoms with Gasteiger partial charge in [-0.25, -0.2) is 13.2 Å². The first kappa shape index (κ1) is 19.3. The van der Waals surface area contributed by atoms with Gasteiger partial charge in [-0.05, 0) is 48.7 Å². The SMILES string of the molecule is O=C(O)/C(=C\c1cccc(Br)c1)c1ccc(S(=O)(=O)N2CCCCC2)s1. The molecule has 5 nitrogen and oxygen atoms in total. The first-order valence-electron chi connectivity index (χ1n) is 8.19. The fourth-order valence-electron chi connectivity index (χ4n) is 2.84. The van der Waals surface area contributed by atoms with Crippen LogP contribution in [0.25, 0.3) is 11.6 Å². The average molecular weight is 456 g/mol. The highest BCUT2D eigenvalue weighted by Gasteiger charge is 2.28. The summed E-state index contributed by atoms with van der Waals surface area (Å²) < 4.78 is 28.0. The maximum Gasteiger partial charge on any atom is 0.337 e. The van der Waals surface area contributed by atoms with Gasteiger partial charge in [0.15, 0.2) is 0 Å². The van der Waals surface area contributed by atoms with E-state index in [1.807, 2.05) is 18.2 Å². The molecule has 0 spiro atoms. The van der Waals surface area contributed by atoms with Crippen LogP contribution in [0.4, 0.5) is 0 Å². The molecule has 1 aromatic carbocycles. The number of hydrogen-bond donors (Lipinski definition) is 1. The number of halogens is 1. The molecule has 1 aliphatic heterocycles. The number of carbonyl (C=O) groups is 1. The number of hydrogen-bond acceptors (Lipinski definition) is 4. The van der Waals surface area contributed by atoms with E-state index < -0.39 is 16.0 Å². The maximum absolute atomic E-state index is 12.8. The fraction of sp³-hybridized carbons (Fsp3) is 0.278. The van der Waals surface area contributed by atoms with Gasteiger partial charge in [-0.15, -0.1) is 11.3 Å². The third kappa shape index (κ3) is 4.25. The molecule has 26 heavy (non-hydrogen) atoms. The largest absolute Gasteiger partial charge is 0.478 e. The van der Waals surface area contributed by atoms with E-state index in [4.69, 9.17) is 0 Å². The van der Waals surface area contributed by atoms with E-state index in [0.717, 1.165) is 40.6 Å². The molecule has 0 atom stereocenters. The number of aliphatic carboxylic acids is 1. The van der Waals surface area contributed by atoms with Gasteiger partial charge in [0.05, 0.1) is 5.57 Å². The van der Waals surface area contributed by atoms with Gasteiger partial charge in [0, 0.05) is 22.4 Å². The van der Waals surface area contributed by atoms with Crippen molar-refractivity contribution in [2.45, 2.75) is 23.5 Å². The summed E-state index contributed by atoms with van der Waals surface area (Å²) in [6.45, 7) is 1.05. The molecule has 2 aromatic rings. The average Bonchev–Trinajstić information content (AvgIpc) is 3.11. The van der Waals surface area contributed by atoms with Crippen LogP contribution >= 0.6 is 27.3 Å². The van der Waals surface area contributed by atoms with Gasteiger partial charge >= 0.3 is 5.97 Å². The van der Waals surface area contributed by atoms with Gasteiger partial charge in [-0.3, -0.25) is 0 Å². The van der Waals surface area contributed by atoms with Gasteiger partial charge in [-0.2, -0.15) is 4.31 Å². The van der Waals surface area contributed by atoms with Crippen LogP contribution in [0.1, 0.15) is 29.7 Å². The van der Waals surface area contributed by atoms with E-state index in [9.17, 15) is 18.3 Å². The predicted octanol–water partition coefficient (Wildman–Crippen LogP) is 4.31. The van der Waals surface area contributed by atoms with Gasteiger partial charge in [0.2, 0.25) is 0 Å². The Morgan fingerprint density at radius 3 is 2.54 bits per heavy atom. The van der Waals surface area contributed by atoms with Crippen LogP contribution in [0.15, 0.2) is 45.1 Å². The molecule has 3 rings (SSSR count). The Kier molecular flexibility index (Phi) is 5.96. The molecule has 138 valence electrons. The number of nitrogens with zero attached hydrogens (tertiary/aromatic N) is 1. The second kappa shape index (κ2) is 8.04. The molecule has 1 aliphatic rings. The zero-order valence-electron chi connectivity index (χ0n) is 13.9. The summed E-state index contributed by atoms with van der Waals surface area (Å²) in [5.74, 6) is -1.09. The van der Waals surface area contributed by atoms with Crippen LogP contribution < -0.4 is 0 Å². The minimum atomic E-state index is -3.56. The Hall–Kier alpha value is -1.48. The lowest BCUT2D eigenvalue weighted by Gasteiger charge is -2.25. The summed E-state index contributed by atoms with van der Waals surface area (Å²) in [5.41, 5.74) is 0.804. The molecule has 0 radical (unpaired) electrons. The summed E-state index contributed by atoms with van der Waals surface area (Å²) in [7, 11) is -3.56. The van der Waals surface area contributed by atoms with Gasteiger partial charge in [-0.1, -0.05) is 34.5 Å². The number of rotatable bonds is 5. The number of carboxylic acids is 1. The summed E-state index contributed by atoms with van der Waals surface area (Å²) in [4.78, 5) is 12.1. The van der Waals surface area contributed by atoms with E-state index >= 15 is 0 Å². The second-order valence-electron chi connectivity index (χ2n) is 6.00. The van der Waals surface area contributed by atoms with Crippen molar-refractivity contribution < 1.29 is 18.3 Å². The van der Waals surface area contributed by atoms with Crippen LogP contribution in [-0.4, -0.2) is 36.9 Å². The second-order valence-corrected chi connectivity index (χ2v) is 10.2. The van der Waals surface area contributed by atoms with E-state index in [1.54, 1.807) is 18.2 Å².